The molecule has 3 aromatic rings. The summed E-state index contributed by atoms with van der Waals surface area (Å²) in [6.45, 7) is 1.77. The minimum absolute atomic E-state index is 0.121. The maximum atomic E-state index is 12.5. The lowest BCUT2D eigenvalue weighted by molar-refractivity contribution is 0.303. The van der Waals surface area contributed by atoms with Gasteiger partial charge in [-0.05, 0) is 56.5 Å². The summed E-state index contributed by atoms with van der Waals surface area (Å²) in [4.78, 5) is 12.5. The van der Waals surface area contributed by atoms with E-state index < -0.39 is 0 Å². The van der Waals surface area contributed by atoms with Gasteiger partial charge in [0.25, 0.3) is 5.56 Å². The molecule has 140 valence electrons. The monoisotopic (exact) mass is 366 g/mol. The van der Waals surface area contributed by atoms with Gasteiger partial charge in [-0.3, -0.25) is 9.48 Å². The SMILES string of the molecule is Nc1n[nH]c(=O)c2c1c(-c1ccc(OC3CC3)cc1)nn2[C@@H]1CCCNC1. The third-order valence-electron chi connectivity index (χ3n) is 5.23. The fourth-order valence-corrected chi connectivity index (χ4v) is 3.69. The van der Waals surface area contributed by atoms with Crippen LogP contribution in [0.15, 0.2) is 29.1 Å². The van der Waals surface area contributed by atoms with Crippen molar-refractivity contribution in [3.05, 3.63) is 34.6 Å². The predicted octanol–water partition coefficient (Wildman–Crippen LogP) is 1.83. The molecule has 2 aromatic heterocycles. The second-order valence-electron chi connectivity index (χ2n) is 7.30. The number of rotatable bonds is 4. The van der Waals surface area contributed by atoms with Gasteiger partial charge in [-0.15, -0.1) is 0 Å². The summed E-state index contributed by atoms with van der Waals surface area (Å²) in [6, 6.07) is 7.93. The summed E-state index contributed by atoms with van der Waals surface area (Å²) in [7, 11) is 0. The van der Waals surface area contributed by atoms with Crippen molar-refractivity contribution in [2.45, 2.75) is 37.8 Å². The first kappa shape index (κ1) is 16.3. The van der Waals surface area contributed by atoms with Crippen molar-refractivity contribution in [2.24, 2.45) is 0 Å². The van der Waals surface area contributed by atoms with E-state index in [9.17, 15) is 4.79 Å². The van der Waals surface area contributed by atoms with Crippen LogP contribution in [0.5, 0.6) is 5.75 Å². The van der Waals surface area contributed by atoms with Crippen LogP contribution in [0.25, 0.3) is 22.2 Å². The first-order valence-electron chi connectivity index (χ1n) is 9.45. The molecule has 2 fully saturated rings. The highest BCUT2D eigenvalue weighted by Gasteiger charge is 2.25. The van der Waals surface area contributed by atoms with Crippen molar-refractivity contribution in [2.75, 3.05) is 18.8 Å². The molecule has 4 N–H and O–H groups in total. The average molecular weight is 366 g/mol. The molecule has 0 amide bonds. The van der Waals surface area contributed by atoms with Gasteiger partial charge < -0.3 is 15.8 Å². The van der Waals surface area contributed by atoms with E-state index in [0.717, 1.165) is 50.1 Å². The Kier molecular flexibility index (Phi) is 3.86. The summed E-state index contributed by atoms with van der Waals surface area (Å²) in [5.74, 6) is 1.14. The van der Waals surface area contributed by atoms with E-state index in [1.165, 1.54) is 0 Å². The van der Waals surface area contributed by atoms with Crippen molar-refractivity contribution < 1.29 is 4.74 Å². The van der Waals surface area contributed by atoms with Crippen LogP contribution < -0.4 is 21.3 Å². The number of anilines is 1. The van der Waals surface area contributed by atoms with E-state index in [-0.39, 0.29) is 17.4 Å². The molecule has 8 heteroatoms. The summed E-state index contributed by atoms with van der Waals surface area (Å²) < 4.78 is 7.64. The Morgan fingerprint density at radius 3 is 2.70 bits per heavy atom. The highest BCUT2D eigenvalue weighted by molar-refractivity contribution is 5.99. The third kappa shape index (κ3) is 2.95. The Morgan fingerprint density at radius 2 is 2.00 bits per heavy atom. The first-order chi connectivity index (χ1) is 13.2. The van der Waals surface area contributed by atoms with E-state index in [0.29, 0.717) is 22.7 Å². The van der Waals surface area contributed by atoms with E-state index in [1.807, 2.05) is 28.9 Å². The van der Waals surface area contributed by atoms with E-state index >= 15 is 0 Å². The Bertz CT molecular complexity index is 1030. The molecule has 0 spiro atoms. The summed E-state index contributed by atoms with van der Waals surface area (Å²) in [6.07, 6.45) is 4.62. The van der Waals surface area contributed by atoms with Crippen molar-refractivity contribution in [3.63, 3.8) is 0 Å². The number of aromatic nitrogens is 4. The minimum atomic E-state index is -0.266. The van der Waals surface area contributed by atoms with Crippen LogP contribution in [0.2, 0.25) is 0 Å². The minimum Gasteiger partial charge on any atom is -0.490 e. The van der Waals surface area contributed by atoms with Crippen LogP contribution in [-0.4, -0.2) is 39.2 Å². The highest BCUT2D eigenvalue weighted by Crippen LogP contribution is 2.34. The number of nitrogen functional groups attached to an aromatic ring is 1. The van der Waals surface area contributed by atoms with Gasteiger partial charge in [0.05, 0.1) is 17.5 Å². The first-order valence-corrected chi connectivity index (χ1v) is 9.45. The number of hydrogen-bond acceptors (Lipinski definition) is 6. The van der Waals surface area contributed by atoms with Gasteiger partial charge in [-0.2, -0.15) is 10.2 Å². The van der Waals surface area contributed by atoms with Crippen LogP contribution in [0.3, 0.4) is 0 Å². The maximum absolute atomic E-state index is 12.5. The quantitative estimate of drug-likeness (QED) is 0.650. The summed E-state index contributed by atoms with van der Waals surface area (Å²) in [5.41, 5.74) is 7.94. The number of benzene rings is 1. The van der Waals surface area contributed by atoms with Crippen molar-refractivity contribution in [3.8, 4) is 17.0 Å². The second kappa shape index (κ2) is 6.38. The van der Waals surface area contributed by atoms with Crippen molar-refractivity contribution in [1.29, 1.82) is 0 Å². The molecule has 0 radical (unpaired) electrons. The molecule has 1 saturated heterocycles. The molecular weight excluding hydrogens is 344 g/mol. The van der Waals surface area contributed by atoms with Crippen LogP contribution in [0, 0.1) is 0 Å². The third-order valence-corrected chi connectivity index (χ3v) is 5.23. The van der Waals surface area contributed by atoms with Gasteiger partial charge in [-0.1, -0.05) is 0 Å². The molecule has 1 aliphatic carbocycles. The summed E-state index contributed by atoms with van der Waals surface area (Å²) in [5, 5.41) is 15.2. The number of nitrogens with zero attached hydrogens (tertiary/aromatic N) is 3. The molecule has 1 aromatic carbocycles. The van der Waals surface area contributed by atoms with Gasteiger partial charge in [-0.25, -0.2) is 5.10 Å². The zero-order valence-electron chi connectivity index (χ0n) is 14.9. The number of H-pyrrole nitrogens is 1. The number of nitrogens with two attached hydrogens (primary N) is 1. The molecule has 8 nitrogen and oxygen atoms in total. The fraction of sp³-hybridized carbons (Fsp3) is 0.421. The van der Waals surface area contributed by atoms with Crippen LogP contribution in [0.1, 0.15) is 31.7 Å². The zero-order valence-corrected chi connectivity index (χ0v) is 14.9. The Balaban J connectivity index is 1.62. The van der Waals surface area contributed by atoms with Crippen molar-refractivity contribution in [1.82, 2.24) is 25.3 Å². The fourth-order valence-electron chi connectivity index (χ4n) is 3.69. The molecule has 2 aliphatic rings. The Morgan fingerprint density at radius 1 is 1.19 bits per heavy atom. The van der Waals surface area contributed by atoms with Crippen molar-refractivity contribution >= 4 is 16.7 Å². The highest BCUT2D eigenvalue weighted by atomic mass is 16.5. The smallest absolute Gasteiger partial charge is 0.290 e. The number of nitrogens with one attached hydrogen (secondary N) is 2. The van der Waals surface area contributed by atoms with Gasteiger partial charge in [0.15, 0.2) is 5.82 Å². The van der Waals surface area contributed by atoms with E-state index in [2.05, 4.69) is 15.5 Å². The molecule has 0 bridgehead atoms. The molecule has 1 aliphatic heterocycles. The normalized spacial score (nSPS) is 20.1. The van der Waals surface area contributed by atoms with Crippen LogP contribution in [0.4, 0.5) is 5.82 Å². The molecular formula is C19H22N6O2. The van der Waals surface area contributed by atoms with Crippen LogP contribution >= 0.6 is 0 Å². The number of hydrogen-bond donors (Lipinski definition) is 3. The average Bonchev–Trinajstić information content (AvgIpc) is 3.42. The Hall–Kier alpha value is -2.87. The molecule has 1 atom stereocenters. The molecule has 5 rings (SSSR count). The molecule has 3 heterocycles. The molecule has 1 saturated carbocycles. The van der Waals surface area contributed by atoms with Gasteiger partial charge in [0, 0.05) is 12.1 Å². The largest absolute Gasteiger partial charge is 0.490 e. The van der Waals surface area contributed by atoms with Gasteiger partial charge >= 0.3 is 0 Å². The maximum Gasteiger partial charge on any atom is 0.290 e. The number of aromatic amines is 1. The second-order valence-corrected chi connectivity index (χ2v) is 7.30. The standard InChI is InChI=1S/C19H22N6O2/c20-18-15-16(11-3-5-13(6-4-11)27-14-7-8-14)24-25(12-2-1-9-21-10-12)17(15)19(26)23-22-18/h3-6,12,14,21H,1-2,7-10H2,(H2,20,22)(H,23,26)/t12-/m1/s1. The van der Waals surface area contributed by atoms with E-state index in [4.69, 9.17) is 15.6 Å². The zero-order chi connectivity index (χ0) is 18.4. The predicted molar refractivity (Wildman–Crippen MR) is 103 cm³/mol. The number of fused-ring (bicyclic) bond motifs is 1. The van der Waals surface area contributed by atoms with E-state index in [1.54, 1.807) is 0 Å². The number of piperidine rings is 1. The summed E-state index contributed by atoms with van der Waals surface area (Å²) >= 11 is 0. The topological polar surface area (TPSA) is 111 Å². The lowest BCUT2D eigenvalue weighted by Gasteiger charge is -2.23. The van der Waals surface area contributed by atoms with Gasteiger partial charge in [0.1, 0.15) is 17.0 Å². The van der Waals surface area contributed by atoms with Crippen LogP contribution in [-0.2, 0) is 0 Å². The lowest BCUT2D eigenvalue weighted by Crippen LogP contribution is -2.33. The lowest BCUT2D eigenvalue weighted by atomic mass is 10.1. The number of ether oxygens (including phenoxy) is 1. The Labute approximate surface area is 155 Å². The van der Waals surface area contributed by atoms with Gasteiger partial charge in [0.2, 0.25) is 0 Å². The molecule has 27 heavy (non-hydrogen) atoms. The molecule has 0 unspecified atom stereocenters.